The molecule has 0 aliphatic heterocycles. The second-order valence-corrected chi connectivity index (χ2v) is 3.70. The molecule has 2 atom stereocenters. The number of nitrogens with two attached hydrogens (primary N) is 1. The van der Waals surface area contributed by atoms with E-state index in [1.54, 1.807) is 7.11 Å². The Balaban J connectivity index is 2.04. The van der Waals surface area contributed by atoms with Gasteiger partial charge in [0.15, 0.2) is 0 Å². The summed E-state index contributed by atoms with van der Waals surface area (Å²) in [6, 6.07) is 0.152. The molecule has 0 spiro atoms. The molecule has 78 valence electrons. The van der Waals surface area contributed by atoms with Gasteiger partial charge in [0.1, 0.15) is 0 Å². The quantitative estimate of drug-likeness (QED) is 0.774. The zero-order valence-electron chi connectivity index (χ0n) is 8.27. The molecule has 0 unspecified atom stereocenters. The number of rotatable bonds is 2. The van der Waals surface area contributed by atoms with Crippen molar-refractivity contribution in [1.82, 2.24) is 10.2 Å². The molecule has 0 radical (unpaired) electrons. The lowest BCUT2D eigenvalue weighted by Crippen LogP contribution is -2.20. The van der Waals surface area contributed by atoms with E-state index in [9.17, 15) is 0 Å². The number of nitrogens with zero attached hydrogens (tertiary/aromatic N) is 2. The summed E-state index contributed by atoms with van der Waals surface area (Å²) in [5, 5.41) is 7.57. The topological polar surface area (TPSA) is 74.2 Å². The SMILES string of the molecule is CO[C@@H]1CCC[C@@H](c2nnc(N)o2)C1. The van der Waals surface area contributed by atoms with E-state index in [0.717, 1.165) is 25.7 Å². The fourth-order valence-corrected chi connectivity index (χ4v) is 1.99. The molecule has 5 nitrogen and oxygen atoms in total. The zero-order valence-corrected chi connectivity index (χ0v) is 8.27. The van der Waals surface area contributed by atoms with Gasteiger partial charge in [-0.2, -0.15) is 0 Å². The molecule has 2 rings (SSSR count). The molecular weight excluding hydrogens is 182 g/mol. The molecular formula is C9H15N3O2. The number of nitrogen functional groups attached to an aromatic ring is 1. The van der Waals surface area contributed by atoms with Crippen LogP contribution in [0.4, 0.5) is 6.01 Å². The van der Waals surface area contributed by atoms with Crippen LogP contribution in [-0.4, -0.2) is 23.4 Å². The first-order valence-corrected chi connectivity index (χ1v) is 4.91. The van der Waals surface area contributed by atoms with E-state index in [-0.39, 0.29) is 6.01 Å². The number of hydrogen-bond donors (Lipinski definition) is 1. The van der Waals surface area contributed by atoms with Crippen LogP contribution in [0.3, 0.4) is 0 Å². The van der Waals surface area contributed by atoms with Crippen LogP contribution < -0.4 is 5.73 Å². The lowest BCUT2D eigenvalue weighted by atomic mass is 9.87. The molecule has 2 N–H and O–H groups in total. The predicted molar refractivity (Wildman–Crippen MR) is 50.7 cm³/mol. The van der Waals surface area contributed by atoms with E-state index >= 15 is 0 Å². The smallest absolute Gasteiger partial charge is 0.312 e. The van der Waals surface area contributed by atoms with Gasteiger partial charge in [0.05, 0.1) is 6.10 Å². The van der Waals surface area contributed by atoms with E-state index in [0.29, 0.717) is 17.9 Å². The van der Waals surface area contributed by atoms with Gasteiger partial charge in [-0.25, -0.2) is 0 Å². The van der Waals surface area contributed by atoms with Gasteiger partial charge in [-0.15, -0.1) is 5.10 Å². The highest BCUT2D eigenvalue weighted by atomic mass is 16.5. The normalized spacial score (nSPS) is 27.8. The highest BCUT2D eigenvalue weighted by Crippen LogP contribution is 2.33. The molecule has 14 heavy (non-hydrogen) atoms. The van der Waals surface area contributed by atoms with Gasteiger partial charge in [-0.3, -0.25) is 0 Å². The maximum absolute atomic E-state index is 5.38. The molecule has 1 fully saturated rings. The van der Waals surface area contributed by atoms with Crippen LogP contribution in [0.15, 0.2) is 4.42 Å². The van der Waals surface area contributed by atoms with E-state index in [1.807, 2.05) is 0 Å². The lowest BCUT2D eigenvalue weighted by Gasteiger charge is -2.25. The molecule has 0 amide bonds. The maximum Gasteiger partial charge on any atom is 0.312 e. The Kier molecular flexibility index (Phi) is 2.67. The number of anilines is 1. The third kappa shape index (κ3) is 1.87. The Morgan fingerprint density at radius 2 is 2.29 bits per heavy atom. The van der Waals surface area contributed by atoms with Crippen molar-refractivity contribution in [1.29, 1.82) is 0 Å². The fraction of sp³-hybridized carbons (Fsp3) is 0.778. The monoisotopic (exact) mass is 197 g/mol. The fourth-order valence-electron chi connectivity index (χ4n) is 1.99. The number of hydrogen-bond acceptors (Lipinski definition) is 5. The second-order valence-electron chi connectivity index (χ2n) is 3.70. The first-order valence-electron chi connectivity index (χ1n) is 4.91. The standard InChI is InChI=1S/C9H15N3O2/c1-13-7-4-2-3-6(5-7)8-11-12-9(10)14-8/h6-7H,2-5H2,1H3,(H2,10,12)/t6-,7-/m1/s1. The van der Waals surface area contributed by atoms with Gasteiger partial charge in [0.25, 0.3) is 0 Å². The summed E-state index contributed by atoms with van der Waals surface area (Å²) in [7, 11) is 1.75. The maximum atomic E-state index is 5.38. The molecule has 1 aromatic rings. The number of methoxy groups -OCH3 is 1. The van der Waals surface area contributed by atoms with Crippen LogP contribution in [0, 0.1) is 0 Å². The lowest BCUT2D eigenvalue weighted by molar-refractivity contribution is 0.0599. The molecule has 0 bridgehead atoms. The van der Waals surface area contributed by atoms with Crippen molar-refractivity contribution in [2.45, 2.75) is 37.7 Å². The van der Waals surface area contributed by atoms with E-state index in [1.165, 1.54) is 0 Å². The van der Waals surface area contributed by atoms with E-state index in [4.69, 9.17) is 14.9 Å². The van der Waals surface area contributed by atoms with Gasteiger partial charge in [-0.05, 0) is 19.3 Å². The van der Waals surface area contributed by atoms with E-state index < -0.39 is 0 Å². The summed E-state index contributed by atoms with van der Waals surface area (Å²) >= 11 is 0. The predicted octanol–water partition coefficient (Wildman–Crippen LogP) is 1.32. The Hall–Kier alpha value is -1.10. The number of aromatic nitrogens is 2. The van der Waals surface area contributed by atoms with E-state index in [2.05, 4.69) is 10.2 Å². The number of ether oxygens (including phenoxy) is 1. The molecule has 0 aromatic carbocycles. The Morgan fingerprint density at radius 1 is 1.43 bits per heavy atom. The van der Waals surface area contributed by atoms with Crippen LogP contribution in [0.1, 0.15) is 37.5 Å². The van der Waals surface area contributed by atoms with Crippen molar-refractivity contribution >= 4 is 6.01 Å². The molecule has 1 aromatic heterocycles. The van der Waals surface area contributed by atoms with Gasteiger partial charge in [0.2, 0.25) is 5.89 Å². The third-order valence-electron chi connectivity index (χ3n) is 2.76. The summed E-state index contributed by atoms with van der Waals surface area (Å²) in [6.07, 6.45) is 4.63. The van der Waals surface area contributed by atoms with Crippen molar-refractivity contribution in [3.63, 3.8) is 0 Å². The minimum Gasteiger partial charge on any atom is -0.408 e. The van der Waals surface area contributed by atoms with Gasteiger partial charge >= 0.3 is 6.01 Å². The summed E-state index contributed by atoms with van der Waals surface area (Å²) in [4.78, 5) is 0. The Morgan fingerprint density at radius 3 is 2.93 bits per heavy atom. The van der Waals surface area contributed by atoms with Gasteiger partial charge in [-0.1, -0.05) is 11.5 Å². The zero-order chi connectivity index (χ0) is 9.97. The average molecular weight is 197 g/mol. The summed E-state index contributed by atoms with van der Waals surface area (Å²) in [6.45, 7) is 0. The van der Waals surface area contributed by atoms with Crippen LogP contribution in [-0.2, 0) is 4.74 Å². The first-order chi connectivity index (χ1) is 6.79. The summed E-state index contributed by atoms with van der Waals surface area (Å²) in [5.74, 6) is 0.975. The van der Waals surface area contributed by atoms with Crippen LogP contribution in [0.25, 0.3) is 0 Å². The molecule has 5 heteroatoms. The Labute approximate surface area is 82.6 Å². The molecule has 1 aliphatic carbocycles. The van der Waals surface area contributed by atoms with Crippen molar-refractivity contribution < 1.29 is 9.15 Å². The van der Waals surface area contributed by atoms with Crippen molar-refractivity contribution in [3.05, 3.63) is 5.89 Å². The second kappa shape index (κ2) is 3.96. The van der Waals surface area contributed by atoms with Crippen molar-refractivity contribution in [3.8, 4) is 0 Å². The first kappa shape index (κ1) is 9.45. The highest BCUT2D eigenvalue weighted by molar-refractivity contribution is 5.07. The average Bonchev–Trinajstić information content (AvgIpc) is 2.65. The van der Waals surface area contributed by atoms with Crippen LogP contribution in [0.5, 0.6) is 0 Å². The molecule has 1 heterocycles. The largest absolute Gasteiger partial charge is 0.408 e. The van der Waals surface area contributed by atoms with Gasteiger partial charge < -0.3 is 14.9 Å². The summed E-state index contributed by atoms with van der Waals surface area (Å²) in [5.41, 5.74) is 5.38. The summed E-state index contributed by atoms with van der Waals surface area (Å²) < 4.78 is 10.5. The van der Waals surface area contributed by atoms with Crippen molar-refractivity contribution in [2.75, 3.05) is 12.8 Å². The van der Waals surface area contributed by atoms with Gasteiger partial charge in [0, 0.05) is 13.0 Å². The van der Waals surface area contributed by atoms with Crippen molar-refractivity contribution in [2.24, 2.45) is 0 Å². The van der Waals surface area contributed by atoms with Crippen LogP contribution >= 0.6 is 0 Å². The minimum absolute atomic E-state index is 0.152. The Bertz CT molecular complexity index is 300. The molecule has 1 saturated carbocycles. The minimum atomic E-state index is 0.152. The highest BCUT2D eigenvalue weighted by Gasteiger charge is 2.26. The van der Waals surface area contributed by atoms with Crippen LogP contribution in [0.2, 0.25) is 0 Å². The third-order valence-corrected chi connectivity index (χ3v) is 2.76. The molecule has 1 aliphatic rings. The molecule has 0 saturated heterocycles.